The van der Waals surface area contributed by atoms with E-state index in [1.165, 1.54) is 60.3 Å². The normalized spacial score (nSPS) is 11.6. The molecule has 0 spiro atoms. The molecule has 42 heavy (non-hydrogen) atoms. The summed E-state index contributed by atoms with van der Waals surface area (Å²) in [6.45, 7) is 4.35. The minimum absolute atomic E-state index is 0.955. The maximum Gasteiger partial charge on any atom is 0.0974 e. The predicted octanol–water partition coefficient (Wildman–Crippen LogP) is 10.7. The van der Waals surface area contributed by atoms with Crippen molar-refractivity contribution in [3.63, 3.8) is 0 Å². The predicted molar refractivity (Wildman–Crippen MR) is 178 cm³/mol. The zero-order chi connectivity index (χ0) is 28.2. The maximum absolute atomic E-state index is 5.19. The third kappa shape index (κ3) is 3.80. The summed E-state index contributed by atoms with van der Waals surface area (Å²) in [6, 6.07) is 45.8. The highest BCUT2D eigenvalue weighted by Crippen LogP contribution is 2.38. The summed E-state index contributed by atoms with van der Waals surface area (Å²) in [5.74, 6) is 0. The lowest BCUT2D eigenvalue weighted by atomic mass is 9.90. The van der Waals surface area contributed by atoms with E-state index in [1.807, 2.05) is 12.3 Å². The lowest BCUT2D eigenvalue weighted by Crippen LogP contribution is -1.94. The number of benzene rings is 6. The summed E-state index contributed by atoms with van der Waals surface area (Å²) in [6.07, 6.45) is 1.86. The molecule has 0 aliphatic rings. The van der Waals surface area contributed by atoms with E-state index in [1.54, 1.807) is 0 Å². The number of rotatable bonds is 3. The van der Waals surface area contributed by atoms with Crippen molar-refractivity contribution >= 4 is 43.4 Å². The van der Waals surface area contributed by atoms with Crippen molar-refractivity contribution in [1.82, 2.24) is 9.97 Å². The largest absolute Gasteiger partial charge is 0.254 e. The molecular weight excluding hydrogens is 508 g/mol. The Hall–Kier alpha value is -5.34. The zero-order valence-electron chi connectivity index (χ0n) is 23.6. The minimum Gasteiger partial charge on any atom is -0.254 e. The molecule has 0 radical (unpaired) electrons. The Morgan fingerprint density at radius 3 is 1.88 bits per heavy atom. The second-order valence-electron chi connectivity index (χ2n) is 11.1. The number of aryl methyl sites for hydroxylation is 2. The van der Waals surface area contributed by atoms with Crippen LogP contribution in [0.2, 0.25) is 0 Å². The molecule has 2 nitrogen and oxygen atoms in total. The van der Waals surface area contributed by atoms with Crippen LogP contribution in [0.15, 0.2) is 134 Å². The van der Waals surface area contributed by atoms with Gasteiger partial charge in [-0.3, -0.25) is 4.98 Å². The summed E-state index contributed by atoms with van der Waals surface area (Å²) in [7, 11) is 0. The lowest BCUT2D eigenvalue weighted by Gasteiger charge is -2.14. The molecule has 0 saturated heterocycles. The number of nitrogens with zero attached hydrogens (tertiary/aromatic N) is 2. The van der Waals surface area contributed by atoms with Crippen LogP contribution in [0, 0.1) is 13.8 Å². The van der Waals surface area contributed by atoms with E-state index in [0.717, 1.165) is 27.7 Å². The molecule has 198 valence electrons. The first-order valence-corrected chi connectivity index (χ1v) is 14.4. The minimum atomic E-state index is 0.955. The Morgan fingerprint density at radius 2 is 1.02 bits per heavy atom. The summed E-state index contributed by atoms with van der Waals surface area (Å²) in [4.78, 5) is 9.93. The van der Waals surface area contributed by atoms with Crippen molar-refractivity contribution < 1.29 is 0 Å². The lowest BCUT2D eigenvalue weighted by molar-refractivity contribution is 1.33. The van der Waals surface area contributed by atoms with Gasteiger partial charge in [-0.15, -0.1) is 0 Å². The van der Waals surface area contributed by atoms with Crippen molar-refractivity contribution in [2.24, 2.45) is 0 Å². The molecule has 8 rings (SSSR count). The topological polar surface area (TPSA) is 25.8 Å². The summed E-state index contributed by atoms with van der Waals surface area (Å²) in [5, 5.41) is 7.35. The van der Waals surface area contributed by atoms with E-state index in [2.05, 4.69) is 135 Å². The Morgan fingerprint density at radius 1 is 0.429 bits per heavy atom. The van der Waals surface area contributed by atoms with Crippen molar-refractivity contribution in [1.29, 1.82) is 0 Å². The first-order valence-electron chi connectivity index (χ1n) is 14.4. The molecule has 0 unspecified atom stereocenters. The molecule has 2 heteroatoms. The summed E-state index contributed by atoms with van der Waals surface area (Å²) in [5.41, 5.74) is 11.4. The van der Waals surface area contributed by atoms with Crippen LogP contribution >= 0.6 is 0 Å². The van der Waals surface area contributed by atoms with Crippen LogP contribution in [0.4, 0.5) is 0 Å². The zero-order valence-corrected chi connectivity index (χ0v) is 23.6. The van der Waals surface area contributed by atoms with Crippen molar-refractivity contribution in [3.05, 3.63) is 145 Å². The fourth-order valence-corrected chi connectivity index (χ4v) is 6.51. The van der Waals surface area contributed by atoms with Crippen molar-refractivity contribution in [2.45, 2.75) is 13.8 Å². The molecule has 8 aromatic rings. The first-order chi connectivity index (χ1) is 20.7. The Kier molecular flexibility index (Phi) is 5.61. The van der Waals surface area contributed by atoms with Gasteiger partial charge in [-0.05, 0) is 87.0 Å². The number of hydrogen-bond acceptors (Lipinski definition) is 2. The van der Waals surface area contributed by atoms with E-state index in [9.17, 15) is 0 Å². The molecule has 6 aromatic carbocycles. The van der Waals surface area contributed by atoms with Crippen LogP contribution in [-0.4, -0.2) is 9.97 Å². The molecular formula is C40H28N2. The Bertz CT molecular complexity index is 2330. The average Bonchev–Trinajstić information content (AvgIpc) is 3.06. The monoisotopic (exact) mass is 536 g/mol. The highest BCUT2D eigenvalue weighted by atomic mass is 14.8. The van der Waals surface area contributed by atoms with Crippen molar-refractivity contribution in [2.75, 3.05) is 0 Å². The average molecular weight is 537 g/mol. The van der Waals surface area contributed by atoms with Gasteiger partial charge in [-0.1, -0.05) is 109 Å². The van der Waals surface area contributed by atoms with Gasteiger partial charge in [0.05, 0.1) is 16.7 Å². The smallest absolute Gasteiger partial charge is 0.0974 e. The van der Waals surface area contributed by atoms with Gasteiger partial charge in [-0.25, -0.2) is 4.98 Å². The molecule has 0 atom stereocenters. The van der Waals surface area contributed by atoms with E-state index < -0.39 is 0 Å². The SMILES string of the molecule is Cc1c(C)c2ccc(-c3cccc(-c4cccc5c(-c6cccc7ccccc67)cccc45)c3)nc2c2ncccc12. The Labute approximate surface area is 244 Å². The molecule has 0 aliphatic carbocycles. The van der Waals surface area contributed by atoms with Gasteiger partial charge < -0.3 is 0 Å². The van der Waals surface area contributed by atoms with E-state index >= 15 is 0 Å². The quantitative estimate of drug-likeness (QED) is 0.210. The van der Waals surface area contributed by atoms with Gasteiger partial charge in [-0.2, -0.15) is 0 Å². The van der Waals surface area contributed by atoms with Gasteiger partial charge >= 0.3 is 0 Å². The molecule has 0 fully saturated rings. The van der Waals surface area contributed by atoms with Gasteiger partial charge in [0.25, 0.3) is 0 Å². The fraction of sp³-hybridized carbons (Fsp3) is 0.0500. The number of hydrogen-bond donors (Lipinski definition) is 0. The van der Waals surface area contributed by atoms with E-state index in [4.69, 9.17) is 9.97 Å². The van der Waals surface area contributed by atoms with Crippen LogP contribution < -0.4 is 0 Å². The number of pyridine rings is 2. The molecule has 2 aromatic heterocycles. The van der Waals surface area contributed by atoms with Crippen molar-refractivity contribution in [3.8, 4) is 33.5 Å². The Balaban J connectivity index is 1.29. The second-order valence-corrected chi connectivity index (χ2v) is 11.1. The highest BCUT2D eigenvalue weighted by molar-refractivity contribution is 6.10. The van der Waals surface area contributed by atoms with Crippen LogP contribution in [0.5, 0.6) is 0 Å². The fourth-order valence-electron chi connectivity index (χ4n) is 6.51. The van der Waals surface area contributed by atoms with Gasteiger partial charge in [0.1, 0.15) is 0 Å². The van der Waals surface area contributed by atoms with Crippen LogP contribution in [0.1, 0.15) is 11.1 Å². The van der Waals surface area contributed by atoms with Gasteiger partial charge in [0.15, 0.2) is 0 Å². The molecule has 0 aliphatic heterocycles. The summed E-state index contributed by atoms with van der Waals surface area (Å²) >= 11 is 0. The molecule has 0 bridgehead atoms. The standard InChI is InChI=1S/C40H28N2/c1-25-26(2)31-21-22-38(42-40(31)39-30(25)20-9-23-41-39)29-13-5-12-28(24-29)33-15-7-18-37-35(33)17-8-19-36(37)34-16-6-11-27-10-3-4-14-32(27)34/h3-24H,1-2H3. The van der Waals surface area contributed by atoms with Crippen LogP contribution in [-0.2, 0) is 0 Å². The molecule has 2 heterocycles. The highest BCUT2D eigenvalue weighted by Gasteiger charge is 2.14. The maximum atomic E-state index is 5.19. The first kappa shape index (κ1) is 24.5. The molecule has 0 amide bonds. The van der Waals surface area contributed by atoms with Crippen LogP contribution in [0.3, 0.4) is 0 Å². The van der Waals surface area contributed by atoms with Gasteiger partial charge in [0.2, 0.25) is 0 Å². The third-order valence-corrected chi connectivity index (χ3v) is 8.77. The number of aromatic nitrogens is 2. The summed E-state index contributed by atoms with van der Waals surface area (Å²) < 4.78 is 0. The second kappa shape index (κ2) is 9.64. The van der Waals surface area contributed by atoms with Gasteiger partial charge in [0, 0.05) is 22.5 Å². The van der Waals surface area contributed by atoms with E-state index in [-0.39, 0.29) is 0 Å². The number of fused-ring (bicyclic) bond motifs is 5. The van der Waals surface area contributed by atoms with E-state index in [0.29, 0.717) is 0 Å². The van der Waals surface area contributed by atoms with Crippen LogP contribution in [0.25, 0.3) is 76.9 Å². The molecule has 0 N–H and O–H groups in total. The molecule has 0 saturated carbocycles. The third-order valence-electron chi connectivity index (χ3n) is 8.77.